The van der Waals surface area contributed by atoms with Gasteiger partial charge in [0, 0.05) is 0 Å². The van der Waals surface area contributed by atoms with Gasteiger partial charge in [-0.1, -0.05) is 26.0 Å². The minimum absolute atomic E-state index is 0.123. The van der Waals surface area contributed by atoms with Gasteiger partial charge in [-0.2, -0.15) is 0 Å². The largest absolute Gasteiger partial charge is 0.507 e. The number of carbonyl (C=O) groups excluding carboxylic acids is 2. The molecule has 1 rings (SSSR count). The zero-order chi connectivity index (χ0) is 16.2. The summed E-state index contributed by atoms with van der Waals surface area (Å²) >= 11 is 0. The number of hydrogen-bond acceptors (Lipinski definition) is 4. The SMILES string of the molecule is CC(C)[C@H](NC(=O)c1ccccc1O)C(=O)OC(C)(C)C. The van der Waals surface area contributed by atoms with Crippen LogP contribution in [-0.2, 0) is 9.53 Å². The number of para-hydroxylation sites is 1. The van der Waals surface area contributed by atoms with Gasteiger partial charge in [0.05, 0.1) is 5.56 Å². The van der Waals surface area contributed by atoms with Crippen LogP contribution in [0.4, 0.5) is 0 Å². The summed E-state index contributed by atoms with van der Waals surface area (Å²) in [6.45, 7) is 8.95. The van der Waals surface area contributed by atoms with Crippen LogP contribution in [0, 0.1) is 5.92 Å². The highest BCUT2D eigenvalue weighted by molar-refractivity contribution is 5.99. The van der Waals surface area contributed by atoms with E-state index in [1.165, 1.54) is 12.1 Å². The first kappa shape index (κ1) is 17.0. The van der Waals surface area contributed by atoms with Crippen LogP contribution in [-0.4, -0.2) is 28.6 Å². The average molecular weight is 293 g/mol. The van der Waals surface area contributed by atoms with Crippen LogP contribution in [0.3, 0.4) is 0 Å². The van der Waals surface area contributed by atoms with Gasteiger partial charge >= 0.3 is 5.97 Å². The fraction of sp³-hybridized carbons (Fsp3) is 0.500. The summed E-state index contributed by atoms with van der Waals surface area (Å²) in [5.41, 5.74) is -0.490. The zero-order valence-corrected chi connectivity index (χ0v) is 13.1. The number of carbonyl (C=O) groups is 2. The van der Waals surface area contributed by atoms with E-state index in [1.54, 1.807) is 32.9 Å². The summed E-state index contributed by atoms with van der Waals surface area (Å²) in [7, 11) is 0. The average Bonchev–Trinajstić information content (AvgIpc) is 2.33. The summed E-state index contributed by atoms with van der Waals surface area (Å²) in [6, 6.07) is 5.42. The quantitative estimate of drug-likeness (QED) is 0.836. The lowest BCUT2D eigenvalue weighted by atomic mass is 10.0. The minimum Gasteiger partial charge on any atom is -0.507 e. The van der Waals surface area contributed by atoms with E-state index in [2.05, 4.69) is 5.32 Å². The summed E-state index contributed by atoms with van der Waals surface area (Å²) in [6.07, 6.45) is 0. The van der Waals surface area contributed by atoms with E-state index in [0.717, 1.165) is 0 Å². The third-order valence-electron chi connectivity index (χ3n) is 2.76. The number of aromatic hydroxyl groups is 1. The second-order valence-electron chi connectivity index (χ2n) is 6.25. The van der Waals surface area contributed by atoms with Crippen molar-refractivity contribution >= 4 is 11.9 Å². The molecule has 0 spiro atoms. The van der Waals surface area contributed by atoms with E-state index in [0.29, 0.717) is 0 Å². The van der Waals surface area contributed by atoms with Crippen molar-refractivity contribution in [3.05, 3.63) is 29.8 Å². The van der Waals surface area contributed by atoms with Crippen molar-refractivity contribution in [2.45, 2.75) is 46.3 Å². The van der Waals surface area contributed by atoms with Crippen LogP contribution in [0.5, 0.6) is 5.75 Å². The second kappa shape index (κ2) is 6.61. The molecule has 0 unspecified atom stereocenters. The highest BCUT2D eigenvalue weighted by Crippen LogP contribution is 2.17. The Kier molecular flexibility index (Phi) is 5.35. The van der Waals surface area contributed by atoms with Crippen molar-refractivity contribution in [2.24, 2.45) is 5.92 Å². The molecule has 0 saturated carbocycles. The smallest absolute Gasteiger partial charge is 0.329 e. The first-order chi connectivity index (χ1) is 9.61. The predicted octanol–water partition coefficient (Wildman–Crippen LogP) is 2.49. The number of benzene rings is 1. The molecule has 0 aliphatic heterocycles. The zero-order valence-electron chi connectivity index (χ0n) is 13.1. The van der Waals surface area contributed by atoms with Crippen LogP contribution in [0.25, 0.3) is 0 Å². The Labute approximate surface area is 125 Å². The summed E-state index contributed by atoms with van der Waals surface area (Å²) in [5.74, 6) is -1.24. The Morgan fingerprint density at radius 3 is 2.24 bits per heavy atom. The van der Waals surface area contributed by atoms with E-state index in [1.807, 2.05) is 13.8 Å². The van der Waals surface area contributed by atoms with Crippen molar-refractivity contribution in [2.75, 3.05) is 0 Å². The Morgan fingerprint density at radius 1 is 1.19 bits per heavy atom. The summed E-state index contributed by atoms with van der Waals surface area (Å²) < 4.78 is 5.31. The number of amides is 1. The molecule has 5 heteroatoms. The molecule has 2 N–H and O–H groups in total. The first-order valence-corrected chi connectivity index (χ1v) is 6.93. The normalized spacial score (nSPS) is 12.9. The lowest BCUT2D eigenvalue weighted by molar-refractivity contribution is -0.158. The molecule has 116 valence electrons. The van der Waals surface area contributed by atoms with Gasteiger partial charge in [-0.05, 0) is 38.8 Å². The maximum absolute atomic E-state index is 12.2. The van der Waals surface area contributed by atoms with Gasteiger partial charge in [0.1, 0.15) is 17.4 Å². The molecule has 1 atom stereocenters. The van der Waals surface area contributed by atoms with Crippen molar-refractivity contribution in [1.82, 2.24) is 5.32 Å². The molecular formula is C16H23NO4. The van der Waals surface area contributed by atoms with Crippen LogP contribution >= 0.6 is 0 Å². The molecule has 0 fully saturated rings. The van der Waals surface area contributed by atoms with Gasteiger partial charge < -0.3 is 15.2 Å². The Bertz CT molecular complexity index is 517. The number of esters is 1. The minimum atomic E-state index is -0.767. The topological polar surface area (TPSA) is 75.6 Å². The maximum atomic E-state index is 12.2. The van der Waals surface area contributed by atoms with Crippen molar-refractivity contribution in [3.63, 3.8) is 0 Å². The predicted molar refractivity (Wildman–Crippen MR) is 80.0 cm³/mol. The molecule has 0 aliphatic carbocycles. The number of rotatable bonds is 4. The first-order valence-electron chi connectivity index (χ1n) is 6.93. The lowest BCUT2D eigenvalue weighted by Gasteiger charge is -2.26. The van der Waals surface area contributed by atoms with Gasteiger partial charge in [-0.25, -0.2) is 4.79 Å². The summed E-state index contributed by atoms with van der Waals surface area (Å²) in [4.78, 5) is 24.3. The molecule has 21 heavy (non-hydrogen) atoms. The number of nitrogens with one attached hydrogen (secondary N) is 1. The molecule has 0 heterocycles. The van der Waals surface area contributed by atoms with E-state index in [9.17, 15) is 14.7 Å². The summed E-state index contributed by atoms with van der Waals surface area (Å²) in [5, 5.41) is 12.3. The molecule has 5 nitrogen and oxygen atoms in total. The van der Waals surface area contributed by atoms with Crippen LogP contribution < -0.4 is 5.32 Å². The highest BCUT2D eigenvalue weighted by Gasteiger charge is 2.29. The Morgan fingerprint density at radius 2 is 1.76 bits per heavy atom. The molecule has 1 aromatic rings. The molecule has 0 bridgehead atoms. The van der Waals surface area contributed by atoms with Crippen LogP contribution in [0.2, 0.25) is 0 Å². The van der Waals surface area contributed by atoms with Crippen molar-refractivity contribution in [3.8, 4) is 5.75 Å². The van der Waals surface area contributed by atoms with E-state index < -0.39 is 23.5 Å². The molecule has 1 amide bonds. The van der Waals surface area contributed by atoms with E-state index in [-0.39, 0.29) is 17.2 Å². The molecular weight excluding hydrogens is 270 g/mol. The van der Waals surface area contributed by atoms with Gasteiger partial charge in [-0.3, -0.25) is 4.79 Å². The Balaban J connectivity index is 2.87. The molecule has 1 aromatic carbocycles. The standard InChI is InChI=1S/C16H23NO4/c1-10(2)13(15(20)21-16(3,4)5)17-14(19)11-8-6-7-9-12(11)18/h6-10,13,18H,1-5H3,(H,17,19)/t13-/m0/s1. The fourth-order valence-electron chi connectivity index (χ4n) is 1.75. The monoisotopic (exact) mass is 293 g/mol. The van der Waals surface area contributed by atoms with Crippen molar-refractivity contribution < 1.29 is 19.4 Å². The highest BCUT2D eigenvalue weighted by atomic mass is 16.6. The van der Waals surface area contributed by atoms with Gasteiger partial charge in [0.15, 0.2) is 0 Å². The Hall–Kier alpha value is -2.04. The number of phenolic OH excluding ortho intramolecular Hbond substituents is 1. The fourth-order valence-corrected chi connectivity index (χ4v) is 1.75. The molecule has 0 saturated heterocycles. The third-order valence-corrected chi connectivity index (χ3v) is 2.76. The second-order valence-corrected chi connectivity index (χ2v) is 6.25. The maximum Gasteiger partial charge on any atom is 0.329 e. The van der Waals surface area contributed by atoms with Gasteiger partial charge in [0.2, 0.25) is 0 Å². The van der Waals surface area contributed by atoms with E-state index in [4.69, 9.17) is 4.74 Å². The number of phenols is 1. The molecule has 0 radical (unpaired) electrons. The molecule has 0 aliphatic rings. The van der Waals surface area contributed by atoms with E-state index >= 15 is 0 Å². The van der Waals surface area contributed by atoms with Crippen molar-refractivity contribution in [1.29, 1.82) is 0 Å². The third kappa shape index (κ3) is 5.10. The van der Waals surface area contributed by atoms with Crippen LogP contribution in [0.1, 0.15) is 45.0 Å². The van der Waals surface area contributed by atoms with Gasteiger partial charge in [-0.15, -0.1) is 0 Å². The number of hydrogen-bond donors (Lipinski definition) is 2. The lowest BCUT2D eigenvalue weighted by Crippen LogP contribution is -2.47. The van der Waals surface area contributed by atoms with Crippen LogP contribution in [0.15, 0.2) is 24.3 Å². The number of ether oxygens (including phenoxy) is 1. The van der Waals surface area contributed by atoms with Gasteiger partial charge in [0.25, 0.3) is 5.91 Å². The molecule has 0 aromatic heterocycles.